The van der Waals surface area contributed by atoms with E-state index in [0.29, 0.717) is 18.5 Å². The molecule has 2 aromatic rings. The predicted molar refractivity (Wildman–Crippen MR) is 109 cm³/mol. The minimum Gasteiger partial charge on any atom is -0.326 e. The smallest absolute Gasteiger partial charge is 0.242 e. The Bertz CT molecular complexity index is 896. The van der Waals surface area contributed by atoms with E-state index >= 15 is 0 Å². The highest BCUT2D eigenvalue weighted by atomic mass is 32.2. The summed E-state index contributed by atoms with van der Waals surface area (Å²) in [6.45, 7) is 6.50. The molecule has 0 aliphatic rings. The van der Waals surface area contributed by atoms with Gasteiger partial charge in [-0.15, -0.1) is 0 Å². The van der Waals surface area contributed by atoms with E-state index in [4.69, 9.17) is 0 Å². The number of nitrogens with one attached hydrogen (secondary N) is 1. The Kier molecular flexibility index (Phi) is 6.44. The molecule has 0 aliphatic carbocycles. The number of rotatable bonds is 6. The summed E-state index contributed by atoms with van der Waals surface area (Å²) < 4.78 is 25.5. The molecule has 0 fully saturated rings. The molecule has 27 heavy (non-hydrogen) atoms. The normalized spacial score (nSPS) is 12.2. The van der Waals surface area contributed by atoms with Gasteiger partial charge in [-0.1, -0.05) is 51.1 Å². The molecule has 0 saturated heterocycles. The van der Waals surface area contributed by atoms with Crippen LogP contribution in [0.5, 0.6) is 0 Å². The van der Waals surface area contributed by atoms with Gasteiger partial charge >= 0.3 is 0 Å². The third-order valence-corrected chi connectivity index (χ3v) is 6.17. The van der Waals surface area contributed by atoms with Crippen LogP contribution >= 0.6 is 0 Å². The van der Waals surface area contributed by atoms with E-state index in [9.17, 15) is 13.2 Å². The molecular weight excluding hydrogens is 360 g/mol. The fourth-order valence-corrected chi connectivity index (χ4v) is 3.55. The Balaban J connectivity index is 1.98. The number of benzene rings is 2. The highest BCUT2D eigenvalue weighted by Crippen LogP contribution is 2.22. The van der Waals surface area contributed by atoms with E-state index in [-0.39, 0.29) is 16.2 Å². The van der Waals surface area contributed by atoms with E-state index in [1.54, 1.807) is 12.1 Å². The van der Waals surface area contributed by atoms with E-state index in [1.165, 1.54) is 31.8 Å². The average molecular weight is 389 g/mol. The number of anilines is 1. The zero-order valence-electron chi connectivity index (χ0n) is 16.6. The standard InChI is InChI=1S/C21H28N2O3S/c1-21(2,3)17-12-9-16(10-13-17)11-14-20(24)22-18-7-6-8-19(15-18)27(25,26)23(4)5/h6-10,12-13,15H,11,14H2,1-5H3,(H,22,24). The fourth-order valence-electron chi connectivity index (χ4n) is 2.60. The maximum atomic E-state index is 12.2. The van der Waals surface area contributed by atoms with Gasteiger partial charge in [-0.2, -0.15) is 0 Å². The molecular formula is C21H28N2O3S. The predicted octanol–water partition coefficient (Wildman–Crippen LogP) is 3.81. The number of nitrogens with zero attached hydrogens (tertiary/aromatic N) is 1. The monoisotopic (exact) mass is 388 g/mol. The van der Waals surface area contributed by atoms with Gasteiger partial charge in [0, 0.05) is 26.2 Å². The van der Waals surface area contributed by atoms with Crippen LogP contribution in [0, 0.1) is 0 Å². The van der Waals surface area contributed by atoms with Crippen LogP contribution in [-0.4, -0.2) is 32.7 Å². The van der Waals surface area contributed by atoms with Crippen LogP contribution in [0.4, 0.5) is 5.69 Å². The number of carbonyl (C=O) groups is 1. The van der Waals surface area contributed by atoms with Gasteiger partial charge in [0.05, 0.1) is 4.90 Å². The fraction of sp³-hybridized carbons (Fsp3) is 0.381. The van der Waals surface area contributed by atoms with Gasteiger partial charge in [-0.3, -0.25) is 4.79 Å². The summed E-state index contributed by atoms with van der Waals surface area (Å²) in [5.74, 6) is -0.144. The molecule has 0 aliphatic heterocycles. The zero-order chi connectivity index (χ0) is 20.2. The van der Waals surface area contributed by atoms with Crippen LogP contribution in [0.25, 0.3) is 0 Å². The van der Waals surface area contributed by atoms with Crippen molar-refractivity contribution in [2.24, 2.45) is 0 Å². The average Bonchev–Trinajstić information content (AvgIpc) is 2.59. The van der Waals surface area contributed by atoms with Gasteiger partial charge in [0.25, 0.3) is 0 Å². The largest absolute Gasteiger partial charge is 0.326 e. The second kappa shape index (κ2) is 8.23. The summed E-state index contributed by atoms with van der Waals surface area (Å²) >= 11 is 0. The molecule has 0 unspecified atom stereocenters. The lowest BCUT2D eigenvalue weighted by atomic mass is 9.86. The minimum atomic E-state index is -3.52. The van der Waals surface area contributed by atoms with Gasteiger partial charge in [-0.25, -0.2) is 12.7 Å². The minimum absolute atomic E-state index is 0.105. The van der Waals surface area contributed by atoms with E-state index in [2.05, 4.69) is 50.4 Å². The Morgan fingerprint density at radius 2 is 1.67 bits per heavy atom. The third kappa shape index (κ3) is 5.65. The molecule has 1 N–H and O–H groups in total. The molecule has 0 aromatic heterocycles. The van der Waals surface area contributed by atoms with Gasteiger partial charge < -0.3 is 5.32 Å². The van der Waals surface area contributed by atoms with Gasteiger partial charge in [0.1, 0.15) is 0 Å². The summed E-state index contributed by atoms with van der Waals surface area (Å²) in [4.78, 5) is 12.4. The van der Waals surface area contributed by atoms with Crippen LogP contribution in [0.15, 0.2) is 53.4 Å². The molecule has 2 aromatic carbocycles. The summed E-state index contributed by atoms with van der Waals surface area (Å²) in [5.41, 5.74) is 2.94. The lowest BCUT2D eigenvalue weighted by Gasteiger charge is -2.19. The Morgan fingerprint density at radius 3 is 2.22 bits per heavy atom. The third-order valence-electron chi connectivity index (χ3n) is 4.36. The highest BCUT2D eigenvalue weighted by Gasteiger charge is 2.17. The number of amides is 1. The van der Waals surface area contributed by atoms with Gasteiger partial charge in [-0.05, 0) is 41.2 Å². The number of carbonyl (C=O) groups excluding carboxylic acids is 1. The molecule has 0 bridgehead atoms. The molecule has 0 spiro atoms. The molecule has 2 rings (SSSR count). The maximum absolute atomic E-state index is 12.2. The van der Waals surface area contributed by atoms with Crippen molar-refractivity contribution in [3.63, 3.8) is 0 Å². The van der Waals surface area contributed by atoms with E-state index in [1.807, 2.05) is 0 Å². The van der Waals surface area contributed by atoms with Crippen molar-refractivity contribution in [3.8, 4) is 0 Å². The molecule has 1 amide bonds. The van der Waals surface area contributed by atoms with Crippen molar-refractivity contribution < 1.29 is 13.2 Å². The quantitative estimate of drug-likeness (QED) is 0.818. The van der Waals surface area contributed by atoms with Crippen molar-refractivity contribution in [2.45, 2.75) is 43.9 Å². The van der Waals surface area contributed by atoms with Crippen LogP contribution < -0.4 is 5.32 Å². The number of aryl methyl sites for hydroxylation is 1. The highest BCUT2D eigenvalue weighted by molar-refractivity contribution is 7.89. The first kappa shape index (κ1) is 21.1. The van der Waals surface area contributed by atoms with Crippen molar-refractivity contribution in [1.29, 1.82) is 0 Å². The summed E-state index contributed by atoms with van der Waals surface area (Å²) in [7, 11) is -0.569. The molecule has 5 nitrogen and oxygen atoms in total. The molecule has 146 valence electrons. The van der Waals surface area contributed by atoms with Crippen molar-refractivity contribution >= 4 is 21.6 Å². The van der Waals surface area contributed by atoms with Crippen molar-refractivity contribution in [3.05, 3.63) is 59.7 Å². The SMILES string of the molecule is CN(C)S(=O)(=O)c1cccc(NC(=O)CCc2ccc(C(C)(C)C)cc2)c1. The lowest BCUT2D eigenvalue weighted by molar-refractivity contribution is -0.116. The summed E-state index contributed by atoms with van der Waals surface area (Å²) in [6.07, 6.45) is 0.964. The molecule has 0 atom stereocenters. The van der Waals surface area contributed by atoms with Gasteiger partial charge in [0.2, 0.25) is 15.9 Å². The molecule has 0 heterocycles. The van der Waals surface area contributed by atoms with Crippen LogP contribution in [0.1, 0.15) is 38.3 Å². The first-order valence-corrected chi connectivity index (χ1v) is 10.4. The number of sulfonamides is 1. The first-order valence-electron chi connectivity index (χ1n) is 8.92. The van der Waals surface area contributed by atoms with Crippen molar-refractivity contribution in [1.82, 2.24) is 4.31 Å². The van der Waals surface area contributed by atoms with Crippen LogP contribution in [-0.2, 0) is 26.7 Å². The Hall–Kier alpha value is -2.18. The zero-order valence-corrected chi connectivity index (χ0v) is 17.4. The van der Waals surface area contributed by atoms with Crippen molar-refractivity contribution in [2.75, 3.05) is 19.4 Å². The number of hydrogen-bond acceptors (Lipinski definition) is 3. The summed E-state index contributed by atoms with van der Waals surface area (Å²) in [5, 5.41) is 2.78. The van der Waals surface area contributed by atoms with Gasteiger partial charge in [0.15, 0.2) is 0 Å². The Labute approximate surface area is 162 Å². The number of hydrogen-bond donors (Lipinski definition) is 1. The lowest BCUT2D eigenvalue weighted by Crippen LogP contribution is -2.22. The first-order chi connectivity index (χ1) is 12.5. The van der Waals surface area contributed by atoms with E-state index in [0.717, 1.165) is 9.87 Å². The van der Waals surface area contributed by atoms with Crippen LogP contribution in [0.2, 0.25) is 0 Å². The second-order valence-corrected chi connectivity index (χ2v) is 9.96. The molecule has 6 heteroatoms. The Morgan fingerprint density at radius 1 is 1.04 bits per heavy atom. The second-order valence-electron chi connectivity index (χ2n) is 7.81. The topological polar surface area (TPSA) is 66.5 Å². The molecule has 0 saturated carbocycles. The molecule has 0 radical (unpaired) electrons. The van der Waals surface area contributed by atoms with E-state index < -0.39 is 10.0 Å². The van der Waals surface area contributed by atoms with Crippen LogP contribution in [0.3, 0.4) is 0 Å². The maximum Gasteiger partial charge on any atom is 0.242 e. The summed E-state index contributed by atoms with van der Waals surface area (Å²) in [6, 6.07) is 14.6.